The highest BCUT2D eigenvalue weighted by molar-refractivity contribution is 5.92. The van der Waals surface area contributed by atoms with E-state index < -0.39 is 11.7 Å². The van der Waals surface area contributed by atoms with E-state index in [9.17, 15) is 18.0 Å². The van der Waals surface area contributed by atoms with E-state index in [1.165, 1.54) is 43.2 Å². The van der Waals surface area contributed by atoms with Gasteiger partial charge in [0.1, 0.15) is 5.75 Å². The maximum absolute atomic E-state index is 13.0. The van der Waals surface area contributed by atoms with Crippen molar-refractivity contribution in [3.05, 3.63) is 71.3 Å². The summed E-state index contributed by atoms with van der Waals surface area (Å²) in [4.78, 5) is 15.4. The second-order valence-corrected chi connectivity index (χ2v) is 11.0. The third kappa shape index (κ3) is 6.03. The van der Waals surface area contributed by atoms with Gasteiger partial charge in [0.05, 0.1) is 12.7 Å². The number of carbonyl (C=O) groups is 1. The molecule has 1 amide bonds. The van der Waals surface area contributed by atoms with Crippen LogP contribution in [-0.4, -0.2) is 43.6 Å². The summed E-state index contributed by atoms with van der Waals surface area (Å²) in [7, 11) is 1.69. The number of nitrogens with one attached hydrogen (secondary N) is 1. The van der Waals surface area contributed by atoms with Crippen LogP contribution in [0.25, 0.3) is 6.08 Å². The molecular formula is C30H35F3N2O2. The van der Waals surface area contributed by atoms with Gasteiger partial charge in [0.15, 0.2) is 0 Å². The van der Waals surface area contributed by atoms with Gasteiger partial charge >= 0.3 is 6.18 Å². The van der Waals surface area contributed by atoms with Crippen LogP contribution < -0.4 is 10.1 Å². The zero-order chi connectivity index (χ0) is 26.0. The van der Waals surface area contributed by atoms with E-state index in [4.69, 9.17) is 4.74 Å². The largest absolute Gasteiger partial charge is 0.497 e. The van der Waals surface area contributed by atoms with E-state index in [0.717, 1.165) is 62.6 Å². The van der Waals surface area contributed by atoms with Gasteiger partial charge < -0.3 is 15.0 Å². The van der Waals surface area contributed by atoms with Crippen molar-refractivity contribution < 1.29 is 22.7 Å². The number of amides is 1. The van der Waals surface area contributed by atoms with Gasteiger partial charge in [-0.25, -0.2) is 0 Å². The Kier molecular flexibility index (Phi) is 7.35. The Bertz CT molecular complexity index is 1140. The predicted molar refractivity (Wildman–Crippen MR) is 138 cm³/mol. The van der Waals surface area contributed by atoms with Gasteiger partial charge in [0.2, 0.25) is 5.91 Å². The lowest BCUT2D eigenvalue weighted by Gasteiger charge is -2.53. The molecule has 0 aromatic heterocycles. The van der Waals surface area contributed by atoms with E-state index >= 15 is 0 Å². The molecule has 7 heteroatoms. The fourth-order valence-electron chi connectivity index (χ4n) is 6.35. The first-order valence-corrected chi connectivity index (χ1v) is 13.3. The molecule has 2 aliphatic carbocycles. The van der Waals surface area contributed by atoms with Crippen LogP contribution in [-0.2, 0) is 16.4 Å². The van der Waals surface area contributed by atoms with Crippen LogP contribution in [0.4, 0.5) is 13.2 Å². The minimum atomic E-state index is -4.41. The van der Waals surface area contributed by atoms with Crippen molar-refractivity contribution in [2.24, 2.45) is 11.8 Å². The van der Waals surface area contributed by atoms with Crippen molar-refractivity contribution in [3.63, 3.8) is 0 Å². The van der Waals surface area contributed by atoms with E-state index in [0.29, 0.717) is 11.5 Å². The number of alkyl halides is 3. The fourth-order valence-corrected chi connectivity index (χ4v) is 6.35. The first-order chi connectivity index (χ1) is 17.7. The second-order valence-electron chi connectivity index (χ2n) is 11.0. The fraction of sp³-hybridized carbons (Fsp3) is 0.500. The Morgan fingerprint density at radius 3 is 2.70 bits per heavy atom. The number of ether oxygens (including phenoxy) is 1. The van der Waals surface area contributed by atoms with Gasteiger partial charge in [-0.05, 0) is 98.4 Å². The molecule has 5 rings (SSSR count). The summed E-state index contributed by atoms with van der Waals surface area (Å²) >= 11 is 0. The number of likely N-dealkylation sites (tertiary alicyclic amines) is 1. The molecule has 0 radical (unpaired) electrons. The first-order valence-electron chi connectivity index (χ1n) is 13.3. The van der Waals surface area contributed by atoms with Gasteiger partial charge in [-0.3, -0.25) is 4.79 Å². The number of piperidine rings is 1. The first kappa shape index (κ1) is 25.8. The SMILES string of the molecule is COc1cccc(C23CCN(CC4CC4)CC2CCC(NC(=O)C=Cc2cccc(C(F)(F)F)c2)C3)c1. The number of hydrogen-bond donors (Lipinski definition) is 1. The third-order valence-corrected chi connectivity index (χ3v) is 8.45. The third-order valence-electron chi connectivity index (χ3n) is 8.45. The standard InChI is InChI=1S/C30H35F3N2O2/c1-37-27-7-3-5-23(17-27)29-14-15-35(19-22-8-9-22)20-25(29)11-12-26(18-29)34-28(36)13-10-21-4-2-6-24(16-21)30(31,32)33/h2-7,10,13,16-17,22,25-26H,8-9,11-12,14-15,18-20H2,1H3,(H,34,36). The molecule has 1 saturated heterocycles. The number of hydrogen-bond acceptors (Lipinski definition) is 3. The molecule has 2 aromatic carbocycles. The van der Waals surface area contributed by atoms with Crippen molar-refractivity contribution in [1.82, 2.24) is 10.2 Å². The molecule has 1 heterocycles. The maximum Gasteiger partial charge on any atom is 0.416 e. The van der Waals surface area contributed by atoms with Crippen molar-refractivity contribution >= 4 is 12.0 Å². The number of fused-ring (bicyclic) bond motifs is 1. The number of benzene rings is 2. The van der Waals surface area contributed by atoms with Crippen LogP contribution >= 0.6 is 0 Å². The monoisotopic (exact) mass is 512 g/mol. The van der Waals surface area contributed by atoms with Gasteiger partial charge in [-0.2, -0.15) is 13.2 Å². The maximum atomic E-state index is 13.0. The lowest BCUT2D eigenvalue weighted by Crippen LogP contribution is -2.56. The number of halogens is 3. The Labute approximate surface area is 216 Å². The molecule has 0 bridgehead atoms. The average molecular weight is 513 g/mol. The molecular weight excluding hydrogens is 477 g/mol. The summed E-state index contributed by atoms with van der Waals surface area (Å²) in [6.07, 6.45) is 4.91. The second kappa shape index (κ2) is 10.5. The van der Waals surface area contributed by atoms with Crippen molar-refractivity contribution in [2.75, 3.05) is 26.7 Å². The van der Waals surface area contributed by atoms with E-state index in [2.05, 4.69) is 28.4 Å². The number of nitrogens with zero attached hydrogens (tertiary/aromatic N) is 1. The van der Waals surface area contributed by atoms with Gasteiger partial charge in [0, 0.05) is 30.6 Å². The molecule has 3 atom stereocenters. The van der Waals surface area contributed by atoms with Gasteiger partial charge in [-0.15, -0.1) is 0 Å². The van der Waals surface area contributed by atoms with Crippen molar-refractivity contribution in [1.29, 1.82) is 0 Å². The minimum Gasteiger partial charge on any atom is -0.497 e. The summed E-state index contributed by atoms with van der Waals surface area (Å²) in [6, 6.07) is 13.4. The average Bonchev–Trinajstić information content (AvgIpc) is 3.71. The van der Waals surface area contributed by atoms with Crippen LogP contribution in [0.1, 0.15) is 55.2 Å². The molecule has 3 unspecified atom stereocenters. The molecule has 3 fully saturated rings. The summed E-state index contributed by atoms with van der Waals surface area (Å²) in [5, 5.41) is 3.15. The molecule has 4 nitrogen and oxygen atoms in total. The molecule has 2 aromatic rings. The van der Waals surface area contributed by atoms with Gasteiger partial charge in [0.25, 0.3) is 0 Å². The highest BCUT2D eigenvalue weighted by Gasteiger charge is 2.48. The zero-order valence-electron chi connectivity index (χ0n) is 21.3. The van der Waals surface area contributed by atoms with Gasteiger partial charge in [-0.1, -0.05) is 24.3 Å². The minimum absolute atomic E-state index is 0.0103. The Hall–Kier alpha value is -2.80. The smallest absolute Gasteiger partial charge is 0.416 e. The summed E-state index contributed by atoms with van der Waals surface area (Å²) in [5.74, 6) is 1.96. The van der Waals surface area contributed by atoms with Crippen molar-refractivity contribution in [3.8, 4) is 5.75 Å². The highest BCUT2D eigenvalue weighted by atomic mass is 19.4. The van der Waals surface area contributed by atoms with E-state index in [1.54, 1.807) is 13.2 Å². The Balaban J connectivity index is 1.30. The molecule has 1 N–H and O–H groups in total. The molecule has 3 aliphatic rings. The number of carbonyl (C=O) groups excluding carboxylic acids is 1. The molecule has 2 saturated carbocycles. The normalized spacial score (nSPS) is 26.6. The van der Waals surface area contributed by atoms with Crippen LogP contribution in [0.15, 0.2) is 54.6 Å². The Morgan fingerprint density at radius 1 is 1.14 bits per heavy atom. The van der Waals surface area contributed by atoms with Crippen LogP contribution in [0.3, 0.4) is 0 Å². The molecule has 0 spiro atoms. The highest BCUT2D eigenvalue weighted by Crippen LogP contribution is 2.50. The lowest BCUT2D eigenvalue weighted by molar-refractivity contribution is -0.137. The molecule has 198 valence electrons. The van der Waals surface area contributed by atoms with E-state index in [1.807, 2.05) is 6.07 Å². The lowest BCUT2D eigenvalue weighted by atomic mass is 9.58. The quantitative estimate of drug-likeness (QED) is 0.458. The number of methoxy groups -OCH3 is 1. The van der Waals surface area contributed by atoms with Crippen LogP contribution in [0.5, 0.6) is 5.75 Å². The van der Waals surface area contributed by atoms with Crippen LogP contribution in [0.2, 0.25) is 0 Å². The van der Waals surface area contributed by atoms with E-state index in [-0.39, 0.29) is 17.4 Å². The zero-order valence-corrected chi connectivity index (χ0v) is 21.3. The van der Waals surface area contributed by atoms with Crippen LogP contribution in [0, 0.1) is 11.8 Å². The summed E-state index contributed by atoms with van der Waals surface area (Å²) in [5.41, 5.74) is 0.878. The topological polar surface area (TPSA) is 41.6 Å². The molecule has 1 aliphatic heterocycles. The Morgan fingerprint density at radius 2 is 1.95 bits per heavy atom. The predicted octanol–water partition coefficient (Wildman–Crippen LogP) is 6.07. The summed E-state index contributed by atoms with van der Waals surface area (Å²) < 4.78 is 44.6. The number of rotatable bonds is 7. The van der Waals surface area contributed by atoms with Crippen molar-refractivity contribution in [2.45, 2.75) is 56.2 Å². The molecule has 37 heavy (non-hydrogen) atoms. The summed E-state index contributed by atoms with van der Waals surface area (Å²) in [6.45, 7) is 3.34.